The summed E-state index contributed by atoms with van der Waals surface area (Å²) in [7, 11) is 0. The monoisotopic (exact) mass is 329 g/mol. The molecule has 2 heterocycles. The molecule has 6 heteroatoms. The number of carbonyl (C=O) groups is 2. The average Bonchev–Trinajstić information content (AvgIpc) is 2.88. The van der Waals surface area contributed by atoms with Gasteiger partial charge in [-0.05, 0) is 25.0 Å². The molecule has 126 valence electrons. The van der Waals surface area contributed by atoms with E-state index < -0.39 is 11.6 Å². The molecule has 3 rings (SSSR count). The van der Waals surface area contributed by atoms with Crippen molar-refractivity contribution in [1.82, 2.24) is 4.90 Å². The SMILES string of the molecule is O=C(OCC(=O)N1CCCCCC1)c1cc2ccccc2oc1=O. The molecule has 1 aliphatic rings. The fraction of sp³-hybridized carbons (Fsp3) is 0.389. The Balaban J connectivity index is 1.67. The lowest BCUT2D eigenvalue weighted by Gasteiger charge is -2.19. The predicted octanol–water partition coefficient (Wildman–Crippen LogP) is 2.35. The molecule has 1 aromatic heterocycles. The Labute approximate surface area is 139 Å². The number of fused-ring (bicyclic) bond motifs is 1. The van der Waals surface area contributed by atoms with Crippen molar-refractivity contribution in [2.24, 2.45) is 0 Å². The van der Waals surface area contributed by atoms with Crippen LogP contribution >= 0.6 is 0 Å². The summed E-state index contributed by atoms with van der Waals surface area (Å²) in [6.45, 7) is 1.02. The number of rotatable bonds is 3. The summed E-state index contributed by atoms with van der Waals surface area (Å²) in [6.07, 6.45) is 4.16. The largest absolute Gasteiger partial charge is 0.452 e. The maximum Gasteiger partial charge on any atom is 0.351 e. The summed E-state index contributed by atoms with van der Waals surface area (Å²) >= 11 is 0. The predicted molar refractivity (Wildman–Crippen MR) is 87.8 cm³/mol. The molecule has 0 atom stereocenters. The molecule has 24 heavy (non-hydrogen) atoms. The van der Waals surface area contributed by atoms with Gasteiger partial charge in [0.2, 0.25) is 0 Å². The standard InChI is InChI=1S/C18H19NO5/c20-16(19-9-5-1-2-6-10-19)12-23-17(21)14-11-13-7-3-4-8-15(13)24-18(14)22/h3-4,7-8,11H,1-2,5-6,9-10,12H2. The van der Waals surface area contributed by atoms with Crippen LogP contribution in [-0.2, 0) is 9.53 Å². The van der Waals surface area contributed by atoms with Crippen LogP contribution in [0.5, 0.6) is 0 Å². The van der Waals surface area contributed by atoms with Crippen LogP contribution in [-0.4, -0.2) is 36.5 Å². The van der Waals surface area contributed by atoms with E-state index in [1.165, 1.54) is 6.07 Å². The third-order valence-corrected chi connectivity index (χ3v) is 4.15. The fourth-order valence-corrected chi connectivity index (χ4v) is 2.82. The summed E-state index contributed by atoms with van der Waals surface area (Å²) in [5.74, 6) is -1.06. The van der Waals surface area contributed by atoms with E-state index in [1.807, 2.05) is 0 Å². The van der Waals surface area contributed by atoms with Crippen molar-refractivity contribution in [3.8, 4) is 0 Å². The molecule has 1 fully saturated rings. The minimum atomic E-state index is -0.835. The zero-order valence-electron chi connectivity index (χ0n) is 13.3. The number of hydrogen-bond donors (Lipinski definition) is 0. The number of para-hydroxylation sites is 1. The van der Waals surface area contributed by atoms with Gasteiger partial charge in [0.25, 0.3) is 5.91 Å². The highest BCUT2D eigenvalue weighted by Gasteiger charge is 2.20. The van der Waals surface area contributed by atoms with E-state index in [-0.39, 0.29) is 18.1 Å². The van der Waals surface area contributed by atoms with E-state index in [0.717, 1.165) is 25.7 Å². The molecule has 0 radical (unpaired) electrons. The van der Waals surface area contributed by atoms with E-state index in [2.05, 4.69) is 0 Å². The Morgan fingerprint density at radius 2 is 1.79 bits per heavy atom. The van der Waals surface area contributed by atoms with E-state index in [4.69, 9.17) is 9.15 Å². The lowest BCUT2D eigenvalue weighted by molar-refractivity contribution is -0.134. The van der Waals surface area contributed by atoms with Crippen molar-refractivity contribution >= 4 is 22.8 Å². The Bertz CT molecular complexity index is 802. The van der Waals surface area contributed by atoms with Crippen molar-refractivity contribution < 1.29 is 18.7 Å². The van der Waals surface area contributed by atoms with E-state index in [0.29, 0.717) is 24.1 Å². The summed E-state index contributed by atoms with van der Waals surface area (Å²) in [6, 6.07) is 8.33. The third kappa shape index (κ3) is 3.64. The van der Waals surface area contributed by atoms with Gasteiger partial charge < -0.3 is 14.1 Å². The summed E-state index contributed by atoms with van der Waals surface area (Å²) < 4.78 is 10.1. The molecular formula is C18H19NO5. The Morgan fingerprint density at radius 1 is 1.08 bits per heavy atom. The van der Waals surface area contributed by atoms with Gasteiger partial charge in [-0.3, -0.25) is 4.79 Å². The average molecular weight is 329 g/mol. The lowest BCUT2D eigenvalue weighted by Crippen LogP contribution is -2.35. The molecular weight excluding hydrogens is 310 g/mol. The third-order valence-electron chi connectivity index (χ3n) is 4.15. The molecule has 1 amide bonds. The number of likely N-dealkylation sites (tertiary alicyclic amines) is 1. The number of benzene rings is 1. The van der Waals surface area contributed by atoms with Gasteiger partial charge in [-0.25, -0.2) is 9.59 Å². The van der Waals surface area contributed by atoms with Gasteiger partial charge in [-0.1, -0.05) is 31.0 Å². The first-order valence-corrected chi connectivity index (χ1v) is 8.13. The van der Waals surface area contributed by atoms with Crippen molar-refractivity contribution in [3.05, 3.63) is 46.3 Å². The van der Waals surface area contributed by atoms with Crippen LogP contribution in [0, 0.1) is 0 Å². The highest BCUT2D eigenvalue weighted by atomic mass is 16.5. The maximum atomic E-state index is 12.1. The van der Waals surface area contributed by atoms with Crippen LogP contribution < -0.4 is 5.63 Å². The van der Waals surface area contributed by atoms with Gasteiger partial charge >= 0.3 is 11.6 Å². The molecule has 6 nitrogen and oxygen atoms in total. The molecule has 0 N–H and O–H groups in total. The highest BCUT2D eigenvalue weighted by molar-refractivity contribution is 5.94. The smallest absolute Gasteiger partial charge is 0.351 e. The molecule has 0 bridgehead atoms. The van der Waals surface area contributed by atoms with Gasteiger partial charge in [0.1, 0.15) is 11.1 Å². The number of ether oxygens (including phenoxy) is 1. The molecule has 1 saturated heterocycles. The van der Waals surface area contributed by atoms with Gasteiger partial charge in [0, 0.05) is 18.5 Å². The lowest BCUT2D eigenvalue weighted by atomic mass is 10.2. The van der Waals surface area contributed by atoms with Crippen molar-refractivity contribution in [1.29, 1.82) is 0 Å². The number of hydrogen-bond acceptors (Lipinski definition) is 5. The second-order valence-corrected chi connectivity index (χ2v) is 5.86. The van der Waals surface area contributed by atoms with Crippen LogP contribution in [0.1, 0.15) is 36.0 Å². The molecule has 0 unspecified atom stereocenters. The van der Waals surface area contributed by atoms with E-state index in [1.54, 1.807) is 29.2 Å². The van der Waals surface area contributed by atoms with Gasteiger partial charge in [0.15, 0.2) is 6.61 Å². The van der Waals surface area contributed by atoms with Crippen molar-refractivity contribution in [2.75, 3.05) is 19.7 Å². The number of nitrogens with zero attached hydrogens (tertiary/aromatic N) is 1. The van der Waals surface area contributed by atoms with Crippen molar-refractivity contribution in [3.63, 3.8) is 0 Å². The van der Waals surface area contributed by atoms with E-state index in [9.17, 15) is 14.4 Å². The quantitative estimate of drug-likeness (QED) is 0.638. The highest BCUT2D eigenvalue weighted by Crippen LogP contribution is 2.13. The number of carbonyl (C=O) groups excluding carboxylic acids is 2. The second-order valence-electron chi connectivity index (χ2n) is 5.86. The van der Waals surface area contributed by atoms with Gasteiger partial charge in [-0.15, -0.1) is 0 Å². The second kappa shape index (κ2) is 7.29. The molecule has 1 aromatic carbocycles. The number of esters is 1. The van der Waals surface area contributed by atoms with Gasteiger partial charge in [-0.2, -0.15) is 0 Å². The minimum Gasteiger partial charge on any atom is -0.452 e. The molecule has 0 saturated carbocycles. The van der Waals surface area contributed by atoms with Crippen LogP contribution in [0.15, 0.2) is 39.5 Å². The first-order chi connectivity index (χ1) is 11.6. The van der Waals surface area contributed by atoms with Gasteiger partial charge in [0.05, 0.1) is 0 Å². The zero-order valence-corrected chi connectivity index (χ0v) is 13.3. The summed E-state index contributed by atoms with van der Waals surface area (Å²) in [5.41, 5.74) is -0.557. The first-order valence-electron chi connectivity index (χ1n) is 8.13. The molecule has 1 aliphatic heterocycles. The Kier molecular flexibility index (Phi) is 4.93. The summed E-state index contributed by atoms with van der Waals surface area (Å²) in [5, 5.41) is 0.628. The Hall–Kier alpha value is -2.63. The van der Waals surface area contributed by atoms with E-state index >= 15 is 0 Å². The van der Waals surface area contributed by atoms with Crippen LogP contribution in [0.4, 0.5) is 0 Å². The number of amides is 1. The first kappa shape index (κ1) is 16.2. The normalized spacial score (nSPS) is 15.1. The minimum absolute atomic E-state index is 0.197. The summed E-state index contributed by atoms with van der Waals surface area (Å²) in [4.78, 5) is 37.9. The maximum absolute atomic E-state index is 12.1. The Morgan fingerprint density at radius 3 is 2.54 bits per heavy atom. The molecule has 2 aromatic rings. The van der Waals surface area contributed by atoms with Crippen LogP contribution in [0.25, 0.3) is 11.0 Å². The topological polar surface area (TPSA) is 76.8 Å². The zero-order chi connectivity index (χ0) is 16.9. The van der Waals surface area contributed by atoms with Crippen LogP contribution in [0.3, 0.4) is 0 Å². The fourth-order valence-electron chi connectivity index (χ4n) is 2.82. The molecule has 0 aliphatic carbocycles. The van der Waals surface area contributed by atoms with Crippen molar-refractivity contribution in [2.45, 2.75) is 25.7 Å². The molecule has 0 spiro atoms. The van der Waals surface area contributed by atoms with Crippen LogP contribution in [0.2, 0.25) is 0 Å².